The Kier molecular flexibility index (Phi) is 5.03. The summed E-state index contributed by atoms with van der Waals surface area (Å²) in [4.78, 5) is 23.6. The molecule has 7 heteroatoms. The fourth-order valence-electron chi connectivity index (χ4n) is 2.34. The summed E-state index contributed by atoms with van der Waals surface area (Å²) in [6.07, 6.45) is 2.81. The van der Waals surface area contributed by atoms with Crippen LogP contribution in [-0.2, 0) is 16.2 Å². The quantitative estimate of drug-likeness (QED) is 0.789. The van der Waals surface area contributed by atoms with Crippen molar-refractivity contribution in [2.45, 2.75) is 64.1 Å². The van der Waals surface area contributed by atoms with Crippen molar-refractivity contribution in [3.05, 3.63) is 33.1 Å². The summed E-state index contributed by atoms with van der Waals surface area (Å²) < 4.78 is 14.8. The van der Waals surface area contributed by atoms with E-state index in [-0.39, 0.29) is 28.6 Å². The molecule has 0 aliphatic carbocycles. The first-order chi connectivity index (χ1) is 10.5. The molecule has 0 aromatic carbocycles. The van der Waals surface area contributed by atoms with Gasteiger partial charge in [0.2, 0.25) is 0 Å². The van der Waals surface area contributed by atoms with Crippen LogP contribution in [0.5, 0.6) is 0 Å². The van der Waals surface area contributed by atoms with Crippen molar-refractivity contribution >= 4 is 8.32 Å². The molecule has 0 spiro atoms. The van der Waals surface area contributed by atoms with Gasteiger partial charge in [0.15, 0.2) is 8.32 Å². The van der Waals surface area contributed by atoms with Gasteiger partial charge in [-0.15, -0.1) is 0 Å². The largest absolute Gasteiger partial charge is 0.414 e. The number of nitrogens with zero attached hydrogens (tertiary/aromatic N) is 2. The summed E-state index contributed by atoms with van der Waals surface area (Å²) in [7, 11) is -0.315. The van der Waals surface area contributed by atoms with Crippen LogP contribution in [0.1, 0.15) is 39.8 Å². The first-order valence-corrected chi connectivity index (χ1v) is 11.0. The molecule has 0 unspecified atom stereocenters. The summed E-state index contributed by atoms with van der Waals surface area (Å²) in [6.45, 7) is 11.6. The topological polar surface area (TPSA) is 62.5 Å². The fourth-order valence-corrected chi connectivity index (χ4v) is 3.37. The van der Waals surface area contributed by atoms with Crippen LogP contribution in [0.2, 0.25) is 18.1 Å². The van der Waals surface area contributed by atoms with Crippen molar-refractivity contribution in [2.75, 3.05) is 6.61 Å². The normalized spacial score (nSPS) is 22.5. The second-order valence-electron chi connectivity index (χ2n) is 7.76. The van der Waals surface area contributed by atoms with E-state index in [1.54, 1.807) is 0 Å². The van der Waals surface area contributed by atoms with Crippen LogP contribution in [0.15, 0.2) is 21.9 Å². The molecule has 1 aromatic heterocycles. The number of aromatic nitrogens is 2. The standard InChI is InChI=1S/C16H28N2O4Si/c1-16(2,3)23(5,6)21-11-12-7-8-14(22-12)18-10-9-13(19)17(4)15(18)20/h9-10,12,14H,7-8,11H2,1-6H3/t12-,14+/m0/s1. The van der Waals surface area contributed by atoms with E-state index >= 15 is 0 Å². The van der Waals surface area contributed by atoms with Gasteiger partial charge in [-0.1, -0.05) is 20.8 Å². The maximum atomic E-state index is 12.2. The van der Waals surface area contributed by atoms with Crippen LogP contribution >= 0.6 is 0 Å². The molecule has 0 amide bonds. The Balaban J connectivity index is 2.01. The average molecular weight is 340 g/mol. The highest BCUT2D eigenvalue weighted by Gasteiger charge is 2.38. The molecule has 1 aliphatic heterocycles. The van der Waals surface area contributed by atoms with Gasteiger partial charge in [-0.2, -0.15) is 0 Å². The number of ether oxygens (including phenoxy) is 1. The van der Waals surface area contributed by atoms with E-state index in [2.05, 4.69) is 33.9 Å². The third-order valence-corrected chi connectivity index (χ3v) is 9.55. The highest BCUT2D eigenvalue weighted by atomic mass is 28.4. The van der Waals surface area contributed by atoms with E-state index in [9.17, 15) is 9.59 Å². The van der Waals surface area contributed by atoms with Crippen molar-refractivity contribution in [3.8, 4) is 0 Å². The highest BCUT2D eigenvalue weighted by molar-refractivity contribution is 6.74. The van der Waals surface area contributed by atoms with Crippen LogP contribution in [-0.4, -0.2) is 30.2 Å². The lowest BCUT2D eigenvalue weighted by Gasteiger charge is -2.36. The smallest absolute Gasteiger partial charge is 0.332 e. The average Bonchev–Trinajstić information content (AvgIpc) is 2.90. The molecular weight excluding hydrogens is 312 g/mol. The fraction of sp³-hybridized carbons (Fsp3) is 0.750. The predicted octanol–water partition coefficient (Wildman–Crippen LogP) is 2.25. The van der Waals surface area contributed by atoms with E-state index in [1.807, 2.05) is 0 Å². The summed E-state index contributed by atoms with van der Waals surface area (Å²) in [6, 6.07) is 1.39. The van der Waals surface area contributed by atoms with Crippen molar-refractivity contribution in [1.29, 1.82) is 0 Å². The van der Waals surface area contributed by atoms with Crippen molar-refractivity contribution in [1.82, 2.24) is 9.13 Å². The Bertz CT molecular complexity index is 672. The molecule has 1 saturated heterocycles. The molecule has 0 saturated carbocycles. The molecular formula is C16H28N2O4Si. The van der Waals surface area contributed by atoms with Gasteiger partial charge in [0.25, 0.3) is 5.56 Å². The molecule has 0 bridgehead atoms. The number of hydrogen-bond acceptors (Lipinski definition) is 4. The highest BCUT2D eigenvalue weighted by Crippen LogP contribution is 2.37. The monoisotopic (exact) mass is 340 g/mol. The van der Waals surface area contributed by atoms with Gasteiger partial charge in [0, 0.05) is 19.3 Å². The first kappa shape index (κ1) is 18.2. The third-order valence-electron chi connectivity index (χ3n) is 5.05. The molecule has 1 aliphatic rings. The maximum Gasteiger partial charge on any atom is 0.332 e. The van der Waals surface area contributed by atoms with Crippen molar-refractivity contribution < 1.29 is 9.16 Å². The molecule has 2 atom stereocenters. The lowest BCUT2D eigenvalue weighted by molar-refractivity contribution is -0.0227. The second-order valence-corrected chi connectivity index (χ2v) is 12.6. The van der Waals surface area contributed by atoms with Crippen LogP contribution in [0.4, 0.5) is 0 Å². The van der Waals surface area contributed by atoms with Crippen molar-refractivity contribution in [3.63, 3.8) is 0 Å². The molecule has 2 rings (SSSR count). The number of rotatable bonds is 4. The Hall–Kier alpha value is -1.18. The lowest BCUT2D eigenvalue weighted by atomic mass is 10.2. The number of hydrogen-bond donors (Lipinski definition) is 0. The zero-order chi connectivity index (χ0) is 17.4. The third kappa shape index (κ3) is 3.84. The van der Waals surface area contributed by atoms with Gasteiger partial charge >= 0.3 is 5.69 Å². The zero-order valence-corrected chi connectivity index (χ0v) is 16.0. The van der Waals surface area contributed by atoms with Crippen molar-refractivity contribution in [2.24, 2.45) is 7.05 Å². The van der Waals surface area contributed by atoms with Gasteiger partial charge in [0.1, 0.15) is 6.23 Å². The molecule has 23 heavy (non-hydrogen) atoms. The lowest BCUT2D eigenvalue weighted by Crippen LogP contribution is -2.42. The summed E-state index contributed by atoms with van der Waals surface area (Å²) in [5.74, 6) is 0. The Morgan fingerprint density at radius 2 is 1.96 bits per heavy atom. The van der Waals surface area contributed by atoms with E-state index in [4.69, 9.17) is 9.16 Å². The zero-order valence-electron chi connectivity index (χ0n) is 15.0. The SMILES string of the molecule is Cn1c(=O)ccn([C@H]2CC[C@@H](CO[Si](C)(C)C(C)(C)C)O2)c1=O. The summed E-state index contributed by atoms with van der Waals surface area (Å²) >= 11 is 0. The molecule has 6 nitrogen and oxygen atoms in total. The van der Waals surface area contributed by atoms with E-state index in [0.717, 1.165) is 17.4 Å². The van der Waals surface area contributed by atoms with Crippen LogP contribution in [0.25, 0.3) is 0 Å². The van der Waals surface area contributed by atoms with Gasteiger partial charge in [0.05, 0.1) is 12.7 Å². The van der Waals surface area contributed by atoms with Crippen LogP contribution in [0, 0.1) is 0 Å². The predicted molar refractivity (Wildman–Crippen MR) is 92.2 cm³/mol. The van der Waals surface area contributed by atoms with Crippen LogP contribution in [0.3, 0.4) is 0 Å². The molecule has 1 aromatic rings. The van der Waals surface area contributed by atoms with Gasteiger partial charge < -0.3 is 9.16 Å². The molecule has 130 valence electrons. The van der Waals surface area contributed by atoms with Crippen LogP contribution < -0.4 is 11.2 Å². The minimum Gasteiger partial charge on any atom is -0.414 e. The first-order valence-electron chi connectivity index (χ1n) is 8.10. The summed E-state index contributed by atoms with van der Waals surface area (Å²) in [5.41, 5.74) is -0.643. The van der Waals surface area contributed by atoms with Gasteiger partial charge in [-0.25, -0.2) is 4.79 Å². The Labute approximate surface area is 138 Å². The van der Waals surface area contributed by atoms with E-state index in [1.165, 1.54) is 23.9 Å². The van der Waals surface area contributed by atoms with Gasteiger partial charge in [-0.3, -0.25) is 13.9 Å². The minimum atomic E-state index is -1.80. The van der Waals surface area contributed by atoms with Gasteiger partial charge in [-0.05, 0) is 31.0 Å². The van der Waals surface area contributed by atoms with E-state index in [0.29, 0.717) is 6.61 Å². The summed E-state index contributed by atoms with van der Waals surface area (Å²) in [5, 5.41) is 0.166. The molecule has 2 heterocycles. The maximum absolute atomic E-state index is 12.2. The minimum absolute atomic E-state index is 0.00161. The second kappa shape index (κ2) is 6.37. The molecule has 1 fully saturated rings. The van der Waals surface area contributed by atoms with E-state index < -0.39 is 8.32 Å². The molecule has 0 N–H and O–H groups in total. The molecule has 0 radical (unpaired) electrons. The Morgan fingerprint density at radius 3 is 2.57 bits per heavy atom. The Morgan fingerprint density at radius 1 is 1.30 bits per heavy atom.